The van der Waals surface area contributed by atoms with Crippen molar-refractivity contribution in [3.8, 4) is 0 Å². The number of aromatic nitrogens is 3. The molecule has 0 saturated carbocycles. The number of hydrogen-bond donors (Lipinski definition) is 1. The molecule has 0 aliphatic carbocycles. The van der Waals surface area contributed by atoms with Crippen molar-refractivity contribution in [3.05, 3.63) is 5.82 Å². The number of thioether (sulfide) groups is 1. The first-order valence-electron chi connectivity index (χ1n) is 6.41. The fraction of sp³-hybridized carbons (Fsp3) is 0.750. The number of carboxylic acids is 1. The fourth-order valence-corrected chi connectivity index (χ4v) is 3.08. The van der Waals surface area contributed by atoms with E-state index < -0.39 is 5.97 Å². The Bertz CT molecular complexity index is 433. The van der Waals surface area contributed by atoms with Crippen LogP contribution in [0.5, 0.6) is 0 Å². The first kappa shape index (κ1) is 13.4. The summed E-state index contributed by atoms with van der Waals surface area (Å²) < 4.78 is 2.16. The zero-order chi connectivity index (χ0) is 13.1. The molecule has 0 spiro atoms. The van der Waals surface area contributed by atoms with E-state index in [2.05, 4.69) is 14.8 Å². The van der Waals surface area contributed by atoms with Crippen LogP contribution in [0.4, 0.5) is 0 Å². The van der Waals surface area contributed by atoms with Crippen LogP contribution in [0.25, 0.3) is 0 Å². The molecule has 2 rings (SSSR count). The molecule has 0 aromatic carbocycles. The van der Waals surface area contributed by atoms with Crippen LogP contribution in [0, 0.1) is 5.92 Å². The summed E-state index contributed by atoms with van der Waals surface area (Å²) in [5.74, 6) is -0.0930. The van der Waals surface area contributed by atoms with Crippen molar-refractivity contribution in [1.82, 2.24) is 14.8 Å². The minimum absolute atomic E-state index is 0.000877. The van der Waals surface area contributed by atoms with Gasteiger partial charge in [0.25, 0.3) is 0 Å². The molecule has 0 radical (unpaired) electrons. The van der Waals surface area contributed by atoms with Crippen LogP contribution in [0.2, 0.25) is 0 Å². The average Bonchev–Trinajstić information content (AvgIpc) is 2.58. The molecule has 1 aromatic rings. The molecule has 1 aliphatic heterocycles. The van der Waals surface area contributed by atoms with Crippen LogP contribution in [-0.4, -0.2) is 31.1 Å². The zero-order valence-electron chi connectivity index (χ0n) is 10.8. The lowest BCUT2D eigenvalue weighted by Crippen LogP contribution is -2.20. The van der Waals surface area contributed by atoms with Gasteiger partial charge >= 0.3 is 5.97 Å². The summed E-state index contributed by atoms with van der Waals surface area (Å²) in [5.41, 5.74) is 0. The first-order chi connectivity index (χ1) is 8.59. The Morgan fingerprint density at radius 3 is 2.83 bits per heavy atom. The maximum Gasteiger partial charge on any atom is 0.307 e. The predicted octanol–water partition coefficient (Wildman–Crippen LogP) is 2.21. The summed E-state index contributed by atoms with van der Waals surface area (Å²) in [4.78, 5) is 11.0. The van der Waals surface area contributed by atoms with Crippen LogP contribution in [0.3, 0.4) is 0 Å². The molecule has 1 aromatic heterocycles. The van der Waals surface area contributed by atoms with Crippen LogP contribution < -0.4 is 0 Å². The Labute approximate surface area is 111 Å². The maximum absolute atomic E-state index is 11.0. The zero-order valence-corrected chi connectivity index (χ0v) is 11.6. The van der Waals surface area contributed by atoms with E-state index in [-0.39, 0.29) is 11.2 Å². The number of fused-ring (bicyclic) bond motifs is 1. The van der Waals surface area contributed by atoms with Crippen LogP contribution in [-0.2, 0) is 17.8 Å². The Morgan fingerprint density at radius 1 is 1.33 bits per heavy atom. The highest BCUT2D eigenvalue weighted by molar-refractivity contribution is 7.99. The fourth-order valence-electron chi connectivity index (χ4n) is 2.01. The Balaban J connectivity index is 2.10. The summed E-state index contributed by atoms with van der Waals surface area (Å²) >= 11 is 1.52. The molecule has 2 heterocycles. The van der Waals surface area contributed by atoms with Gasteiger partial charge < -0.3 is 9.67 Å². The van der Waals surface area contributed by atoms with E-state index in [0.717, 1.165) is 30.4 Å². The van der Waals surface area contributed by atoms with Gasteiger partial charge in [-0.2, -0.15) is 0 Å². The van der Waals surface area contributed by atoms with E-state index in [0.29, 0.717) is 0 Å². The van der Waals surface area contributed by atoms with E-state index in [9.17, 15) is 4.79 Å². The van der Waals surface area contributed by atoms with E-state index in [4.69, 9.17) is 5.11 Å². The Morgan fingerprint density at radius 2 is 2.11 bits per heavy atom. The van der Waals surface area contributed by atoms with Crippen molar-refractivity contribution in [2.45, 2.75) is 56.5 Å². The Hall–Kier alpha value is -1.04. The lowest BCUT2D eigenvalue weighted by Gasteiger charge is -2.15. The van der Waals surface area contributed by atoms with Crippen molar-refractivity contribution in [2.24, 2.45) is 5.92 Å². The number of hydrogen-bond acceptors (Lipinski definition) is 4. The first-order valence-corrected chi connectivity index (χ1v) is 7.29. The van der Waals surface area contributed by atoms with Crippen molar-refractivity contribution in [3.63, 3.8) is 0 Å². The lowest BCUT2D eigenvalue weighted by atomic mass is 10.1. The minimum atomic E-state index is -0.759. The van der Waals surface area contributed by atoms with Crippen molar-refractivity contribution in [1.29, 1.82) is 0 Å². The van der Waals surface area contributed by atoms with Gasteiger partial charge in [-0.15, -0.1) is 10.2 Å². The van der Waals surface area contributed by atoms with Crippen molar-refractivity contribution >= 4 is 17.7 Å². The molecule has 2 unspecified atom stereocenters. The maximum atomic E-state index is 11.0. The topological polar surface area (TPSA) is 68.0 Å². The number of carboxylic acid groups (broad SMARTS) is 1. The van der Waals surface area contributed by atoms with Gasteiger partial charge in [0.1, 0.15) is 5.82 Å². The molecular formula is C12H19N3O2S. The van der Waals surface area contributed by atoms with E-state index in [1.165, 1.54) is 24.6 Å². The normalized spacial score (nSPS) is 18.8. The third-order valence-corrected chi connectivity index (χ3v) is 4.75. The predicted molar refractivity (Wildman–Crippen MR) is 69.7 cm³/mol. The SMILES string of the molecule is CC(Sc1nnc2n1CCCCC2)C(C)C(=O)O. The quantitative estimate of drug-likeness (QED) is 0.849. The third kappa shape index (κ3) is 2.85. The van der Waals surface area contributed by atoms with E-state index in [1.54, 1.807) is 6.92 Å². The molecule has 5 nitrogen and oxygen atoms in total. The summed E-state index contributed by atoms with van der Waals surface area (Å²) in [6, 6.07) is 0. The highest BCUT2D eigenvalue weighted by Gasteiger charge is 2.24. The highest BCUT2D eigenvalue weighted by Crippen LogP contribution is 2.28. The molecule has 0 fully saturated rings. The van der Waals surface area contributed by atoms with E-state index in [1.807, 2.05) is 6.92 Å². The van der Waals surface area contributed by atoms with Crippen LogP contribution in [0.1, 0.15) is 38.9 Å². The molecule has 2 atom stereocenters. The standard InChI is InChI=1S/C12H19N3O2S/c1-8(11(16)17)9(2)18-12-14-13-10-6-4-3-5-7-15(10)12/h8-9H,3-7H2,1-2H3,(H,16,17). The lowest BCUT2D eigenvalue weighted by molar-refractivity contribution is -0.140. The summed E-state index contributed by atoms with van der Waals surface area (Å²) in [6.45, 7) is 4.63. The molecule has 6 heteroatoms. The molecule has 0 bridgehead atoms. The Kier molecular flexibility index (Phi) is 4.27. The monoisotopic (exact) mass is 269 g/mol. The average molecular weight is 269 g/mol. The van der Waals surface area contributed by atoms with Gasteiger partial charge in [-0.25, -0.2) is 0 Å². The summed E-state index contributed by atoms with van der Waals surface area (Å²) in [5, 5.41) is 18.3. The molecule has 1 N–H and O–H groups in total. The smallest absolute Gasteiger partial charge is 0.307 e. The van der Waals surface area contributed by atoms with Gasteiger partial charge in [-0.05, 0) is 12.8 Å². The largest absolute Gasteiger partial charge is 0.481 e. The molecule has 18 heavy (non-hydrogen) atoms. The van der Waals surface area contributed by atoms with Gasteiger partial charge in [0.05, 0.1) is 5.92 Å². The molecule has 1 aliphatic rings. The molecule has 100 valence electrons. The number of aliphatic carboxylic acids is 1. The summed E-state index contributed by atoms with van der Waals surface area (Å²) in [7, 11) is 0. The van der Waals surface area contributed by atoms with Gasteiger partial charge in [-0.1, -0.05) is 32.0 Å². The molecule has 0 saturated heterocycles. The van der Waals surface area contributed by atoms with Gasteiger partial charge in [-0.3, -0.25) is 4.79 Å². The van der Waals surface area contributed by atoms with Crippen molar-refractivity contribution in [2.75, 3.05) is 0 Å². The second-order valence-electron chi connectivity index (χ2n) is 4.81. The van der Waals surface area contributed by atoms with Gasteiger partial charge in [0, 0.05) is 18.2 Å². The number of aryl methyl sites for hydroxylation is 1. The number of nitrogens with zero attached hydrogens (tertiary/aromatic N) is 3. The third-order valence-electron chi connectivity index (χ3n) is 3.46. The van der Waals surface area contributed by atoms with Gasteiger partial charge in [0.2, 0.25) is 0 Å². The minimum Gasteiger partial charge on any atom is -0.481 e. The second-order valence-corrected chi connectivity index (χ2v) is 6.16. The van der Waals surface area contributed by atoms with Crippen molar-refractivity contribution < 1.29 is 9.90 Å². The van der Waals surface area contributed by atoms with Gasteiger partial charge in [0.15, 0.2) is 5.16 Å². The van der Waals surface area contributed by atoms with Crippen LogP contribution >= 0.6 is 11.8 Å². The second kappa shape index (κ2) is 5.73. The highest BCUT2D eigenvalue weighted by atomic mass is 32.2. The molecule has 0 amide bonds. The number of rotatable bonds is 4. The number of carbonyl (C=O) groups is 1. The van der Waals surface area contributed by atoms with E-state index >= 15 is 0 Å². The van der Waals surface area contributed by atoms with Crippen LogP contribution in [0.15, 0.2) is 5.16 Å². The molecular weight excluding hydrogens is 250 g/mol. The summed E-state index contributed by atoms with van der Waals surface area (Å²) in [6.07, 6.45) is 4.54.